The van der Waals surface area contributed by atoms with Crippen molar-refractivity contribution >= 4 is 11.8 Å². The quantitative estimate of drug-likeness (QED) is 0.861. The predicted molar refractivity (Wildman–Crippen MR) is 81.6 cm³/mol. The average Bonchev–Trinajstić information content (AvgIpc) is 3.07. The van der Waals surface area contributed by atoms with E-state index in [2.05, 4.69) is 23.7 Å². The summed E-state index contributed by atoms with van der Waals surface area (Å²) in [6.07, 6.45) is 7.74. The van der Waals surface area contributed by atoms with Crippen molar-refractivity contribution in [3.8, 4) is 0 Å². The highest BCUT2D eigenvalue weighted by molar-refractivity contribution is 7.99. The van der Waals surface area contributed by atoms with Gasteiger partial charge < -0.3 is 10.5 Å². The van der Waals surface area contributed by atoms with Gasteiger partial charge in [0.15, 0.2) is 0 Å². The maximum Gasteiger partial charge on any atom is 0.0795 e. The molecular formula is C15H28N2OS. The SMILES string of the molecule is CN(C1CCOC2(CCSC2)C1)C1CCCC1CN. The fourth-order valence-electron chi connectivity index (χ4n) is 4.31. The van der Waals surface area contributed by atoms with Gasteiger partial charge in [0.05, 0.1) is 5.60 Å². The minimum atomic E-state index is 0.207. The Kier molecular flexibility index (Phi) is 4.42. The van der Waals surface area contributed by atoms with Gasteiger partial charge in [-0.05, 0) is 57.4 Å². The van der Waals surface area contributed by atoms with E-state index in [1.807, 2.05) is 0 Å². The van der Waals surface area contributed by atoms with Crippen molar-refractivity contribution in [2.75, 3.05) is 31.7 Å². The van der Waals surface area contributed by atoms with Gasteiger partial charge >= 0.3 is 0 Å². The van der Waals surface area contributed by atoms with E-state index in [9.17, 15) is 0 Å². The molecule has 1 aliphatic carbocycles. The molecule has 4 heteroatoms. The Labute approximate surface area is 121 Å². The van der Waals surface area contributed by atoms with Gasteiger partial charge in [-0.1, -0.05) is 6.42 Å². The first kappa shape index (κ1) is 14.2. The molecule has 19 heavy (non-hydrogen) atoms. The monoisotopic (exact) mass is 284 g/mol. The Morgan fingerprint density at radius 3 is 3.00 bits per heavy atom. The highest BCUT2D eigenvalue weighted by atomic mass is 32.2. The van der Waals surface area contributed by atoms with Gasteiger partial charge in [-0.2, -0.15) is 11.8 Å². The van der Waals surface area contributed by atoms with Crippen LogP contribution in [0, 0.1) is 5.92 Å². The van der Waals surface area contributed by atoms with E-state index in [4.69, 9.17) is 10.5 Å². The number of ether oxygens (including phenoxy) is 1. The lowest BCUT2D eigenvalue weighted by Crippen LogP contribution is -2.51. The highest BCUT2D eigenvalue weighted by Gasteiger charge is 2.43. The van der Waals surface area contributed by atoms with E-state index < -0.39 is 0 Å². The first-order valence-corrected chi connectivity index (χ1v) is 9.03. The lowest BCUT2D eigenvalue weighted by atomic mass is 9.87. The maximum absolute atomic E-state index is 6.15. The summed E-state index contributed by atoms with van der Waals surface area (Å²) < 4.78 is 6.15. The molecule has 4 unspecified atom stereocenters. The summed E-state index contributed by atoms with van der Waals surface area (Å²) in [4.78, 5) is 2.66. The van der Waals surface area contributed by atoms with Crippen LogP contribution in [0.1, 0.15) is 38.5 Å². The van der Waals surface area contributed by atoms with E-state index in [1.54, 1.807) is 0 Å². The second-order valence-electron chi connectivity index (χ2n) is 6.64. The Balaban J connectivity index is 1.64. The molecular weight excluding hydrogens is 256 g/mol. The van der Waals surface area contributed by atoms with Crippen molar-refractivity contribution in [3.63, 3.8) is 0 Å². The van der Waals surface area contributed by atoms with Crippen LogP contribution in [-0.4, -0.2) is 54.3 Å². The van der Waals surface area contributed by atoms with Crippen LogP contribution >= 0.6 is 11.8 Å². The molecule has 3 rings (SSSR count). The van der Waals surface area contributed by atoms with Crippen molar-refractivity contribution in [1.82, 2.24) is 4.90 Å². The second-order valence-corrected chi connectivity index (χ2v) is 7.75. The second kappa shape index (κ2) is 5.92. The van der Waals surface area contributed by atoms with E-state index in [0.717, 1.165) is 25.1 Å². The van der Waals surface area contributed by atoms with Crippen molar-refractivity contribution in [2.24, 2.45) is 11.7 Å². The molecule has 1 spiro atoms. The predicted octanol–water partition coefficient (Wildman–Crippen LogP) is 2.10. The summed E-state index contributed by atoms with van der Waals surface area (Å²) in [5.74, 6) is 3.22. The fourth-order valence-corrected chi connectivity index (χ4v) is 5.69. The standard InChI is InChI=1S/C15H28N2OS/c1-17(14-4-2-3-12(14)10-16)13-5-7-18-15(9-13)6-8-19-11-15/h12-14H,2-11,16H2,1H3. The van der Waals surface area contributed by atoms with Gasteiger partial charge in [-0.15, -0.1) is 0 Å². The number of thioether (sulfide) groups is 1. The Morgan fingerprint density at radius 1 is 1.37 bits per heavy atom. The van der Waals surface area contributed by atoms with Crippen molar-refractivity contribution in [2.45, 2.75) is 56.2 Å². The van der Waals surface area contributed by atoms with Crippen LogP contribution in [0.4, 0.5) is 0 Å². The number of nitrogens with two attached hydrogens (primary N) is 1. The van der Waals surface area contributed by atoms with Crippen molar-refractivity contribution < 1.29 is 4.74 Å². The van der Waals surface area contributed by atoms with Gasteiger partial charge in [0.2, 0.25) is 0 Å². The summed E-state index contributed by atoms with van der Waals surface area (Å²) in [6, 6.07) is 1.43. The first-order valence-electron chi connectivity index (χ1n) is 7.88. The molecule has 3 fully saturated rings. The maximum atomic E-state index is 6.15. The van der Waals surface area contributed by atoms with Crippen LogP contribution in [0.2, 0.25) is 0 Å². The molecule has 2 heterocycles. The summed E-state index contributed by atoms with van der Waals surface area (Å²) >= 11 is 2.07. The van der Waals surface area contributed by atoms with Crippen molar-refractivity contribution in [3.05, 3.63) is 0 Å². The summed E-state index contributed by atoms with van der Waals surface area (Å²) in [5.41, 5.74) is 6.16. The molecule has 1 saturated carbocycles. The Bertz CT molecular complexity index is 307. The lowest BCUT2D eigenvalue weighted by Gasteiger charge is -2.44. The summed E-state index contributed by atoms with van der Waals surface area (Å²) in [6.45, 7) is 1.81. The van der Waals surface area contributed by atoms with Gasteiger partial charge in [0.1, 0.15) is 0 Å². The Hall–Kier alpha value is 0.230. The third-order valence-corrected chi connectivity index (χ3v) is 6.78. The van der Waals surface area contributed by atoms with E-state index in [0.29, 0.717) is 6.04 Å². The van der Waals surface area contributed by atoms with Crippen LogP contribution in [0.25, 0.3) is 0 Å². The van der Waals surface area contributed by atoms with Crippen LogP contribution in [0.3, 0.4) is 0 Å². The molecule has 110 valence electrons. The minimum Gasteiger partial charge on any atom is -0.374 e. The molecule has 2 saturated heterocycles. The molecule has 0 bridgehead atoms. The molecule has 4 atom stereocenters. The molecule has 2 aliphatic heterocycles. The summed E-state index contributed by atoms with van der Waals surface area (Å²) in [5, 5.41) is 0. The highest BCUT2D eigenvalue weighted by Crippen LogP contribution is 2.41. The first-order chi connectivity index (χ1) is 9.24. The number of nitrogens with zero attached hydrogens (tertiary/aromatic N) is 1. The molecule has 3 nitrogen and oxygen atoms in total. The normalized spacial score (nSPS) is 43.4. The van der Waals surface area contributed by atoms with Crippen LogP contribution in [0.15, 0.2) is 0 Å². The zero-order chi connectivity index (χ0) is 13.3. The molecule has 0 amide bonds. The number of rotatable bonds is 3. The molecule has 0 aromatic rings. The number of hydrogen-bond acceptors (Lipinski definition) is 4. The molecule has 0 radical (unpaired) electrons. The topological polar surface area (TPSA) is 38.5 Å². The molecule has 0 aromatic heterocycles. The summed E-state index contributed by atoms with van der Waals surface area (Å²) in [7, 11) is 2.34. The van der Waals surface area contributed by atoms with E-state index >= 15 is 0 Å². The zero-order valence-corrected chi connectivity index (χ0v) is 13.0. The third-order valence-electron chi connectivity index (χ3n) is 5.55. The Morgan fingerprint density at radius 2 is 2.26 bits per heavy atom. The minimum absolute atomic E-state index is 0.207. The smallest absolute Gasteiger partial charge is 0.0795 e. The van der Waals surface area contributed by atoms with Crippen LogP contribution < -0.4 is 5.73 Å². The van der Waals surface area contributed by atoms with Crippen LogP contribution in [-0.2, 0) is 4.74 Å². The van der Waals surface area contributed by atoms with Gasteiger partial charge in [-0.3, -0.25) is 4.90 Å². The third kappa shape index (κ3) is 2.82. The van der Waals surface area contributed by atoms with E-state index in [-0.39, 0.29) is 5.60 Å². The van der Waals surface area contributed by atoms with Gasteiger partial charge in [0.25, 0.3) is 0 Å². The van der Waals surface area contributed by atoms with Crippen LogP contribution in [0.5, 0.6) is 0 Å². The van der Waals surface area contributed by atoms with E-state index in [1.165, 1.54) is 50.0 Å². The van der Waals surface area contributed by atoms with Gasteiger partial charge in [0, 0.05) is 24.4 Å². The average molecular weight is 284 g/mol. The molecule has 2 N–H and O–H groups in total. The lowest BCUT2D eigenvalue weighted by molar-refractivity contribution is -0.0928. The largest absolute Gasteiger partial charge is 0.374 e. The van der Waals surface area contributed by atoms with Crippen molar-refractivity contribution in [1.29, 1.82) is 0 Å². The van der Waals surface area contributed by atoms with Gasteiger partial charge in [-0.25, -0.2) is 0 Å². The molecule has 0 aromatic carbocycles. The number of hydrogen-bond donors (Lipinski definition) is 1. The zero-order valence-electron chi connectivity index (χ0n) is 12.1. The fraction of sp³-hybridized carbons (Fsp3) is 1.00. The molecule has 3 aliphatic rings.